The molecule has 2 nitrogen and oxygen atoms in total. The van der Waals surface area contributed by atoms with E-state index >= 15 is 0 Å². The van der Waals surface area contributed by atoms with Gasteiger partial charge in [0.25, 0.3) is 0 Å². The predicted octanol–water partition coefficient (Wildman–Crippen LogP) is 5.93. The molecule has 28 heavy (non-hydrogen) atoms. The van der Waals surface area contributed by atoms with Gasteiger partial charge in [0, 0.05) is 47.5 Å². The Bertz CT molecular complexity index is 835. The first kappa shape index (κ1) is 16.9. The maximum Gasteiger partial charge on any atom is 0.0447 e. The summed E-state index contributed by atoms with van der Waals surface area (Å²) >= 11 is 0. The largest absolute Gasteiger partial charge is 0.261 e. The van der Waals surface area contributed by atoms with Crippen molar-refractivity contribution in [2.45, 2.75) is 23.7 Å². The number of benzene rings is 2. The molecule has 1 fully saturated rings. The molecule has 4 aromatic rings. The number of pyridine rings is 2. The van der Waals surface area contributed by atoms with Crippen LogP contribution in [0.3, 0.4) is 0 Å². The summed E-state index contributed by atoms with van der Waals surface area (Å²) in [5.74, 6) is 1.38. The quantitative estimate of drug-likeness (QED) is 0.450. The molecule has 0 amide bonds. The van der Waals surface area contributed by atoms with E-state index in [1.165, 1.54) is 11.1 Å². The molecule has 0 saturated heterocycles. The number of nitrogens with zero attached hydrogens (tertiary/aromatic N) is 2. The number of hydrogen-bond acceptors (Lipinski definition) is 2. The van der Waals surface area contributed by atoms with Gasteiger partial charge in [0.1, 0.15) is 0 Å². The van der Waals surface area contributed by atoms with Gasteiger partial charge >= 0.3 is 0 Å². The molecule has 136 valence electrons. The van der Waals surface area contributed by atoms with Crippen LogP contribution < -0.4 is 0 Å². The molecule has 0 N–H and O–H groups in total. The Balaban J connectivity index is 1.67. The Morgan fingerprint density at radius 2 is 0.786 bits per heavy atom. The van der Waals surface area contributed by atoms with Crippen LogP contribution in [0.4, 0.5) is 0 Å². The molecule has 0 aliphatic heterocycles. The van der Waals surface area contributed by atoms with E-state index in [0.717, 1.165) is 11.4 Å². The van der Waals surface area contributed by atoms with Gasteiger partial charge in [-0.3, -0.25) is 9.97 Å². The molecule has 0 unspecified atom stereocenters. The van der Waals surface area contributed by atoms with Crippen LogP contribution in [-0.2, 0) is 0 Å². The molecule has 1 aliphatic carbocycles. The van der Waals surface area contributed by atoms with Gasteiger partial charge in [-0.05, 0) is 35.4 Å². The minimum Gasteiger partial charge on any atom is -0.261 e. The van der Waals surface area contributed by atoms with Gasteiger partial charge in [-0.1, -0.05) is 72.8 Å². The third-order valence-electron chi connectivity index (χ3n) is 5.98. The van der Waals surface area contributed by atoms with Crippen molar-refractivity contribution in [3.05, 3.63) is 132 Å². The minimum absolute atomic E-state index is 0.309. The lowest BCUT2D eigenvalue weighted by Crippen LogP contribution is -2.40. The third kappa shape index (κ3) is 2.91. The van der Waals surface area contributed by atoms with Crippen LogP contribution in [-0.4, -0.2) is 9.97 Å². The Kier molecular flexibility index (Phi) is 4.46. The summed E-state index contributed by atoms with van der Waals surface area (Å²) < 4.78 is 0. The van der Waals surface area contributed by atoms with Gasteiger partial charge in [0.05, 0.1) is 0 Å². The van der Waals surface area contributed by atoms with Crippen molar-refractivity contribution >= 4 is 0 Å². The molecule has 2 aromatic carbocycles. The maximum atomic E-state index is 4.75. The Labute approximate surface area is 165 Å². The van der Waals surface area contributed by atoms with Crippen molar-refractivity contribution in [2.24, 2.45) is 0 Å². The highest BCUT2D eigenvalue weighted by Gasteiger charge is 2.53. The van der Waals surface area contributed by atoms with E-state index in [9.17, 15) is 0 Å². The fourth-order valence-electron chi connectivity index (χ4n) is 4.81. The average Bonchev–Trinajstić information content (AvgIpc) is 2.76. The van der Waals surface area contributed by atoms with Crippen LogP contribution in [0.5, 0.6) is 0 Å². The van der Waals surface area contributed by atoms with E-state index in [-0.39, 0.29) is 0 Å². The van der Waals surface area contributed by atoms with Crippen molar-refractivity contribution in [3.8, 4) is 0 Å². The second kappa shape index (κ2) is 7.40. The van der Waals surface area contributed by atoms with Gasteiger partial charge in [0.2, 0.25) is 0 Å². The van der Waals surface area contributed by atoms with Crippen molar-refractivity contribution < 1.29 is 0 Å². The molecule has 1 aliphatic rings. The molecular weight excluding hydrogens is 340 g/mol. The monoisotopic (exact) mass is 362 g/mol. The van der Waals surface area contributed by atoms with Crippen LogP contribution in [0.2, 0.25) is 0 Å². The number of rotatable bonds is 4. The zero-order valence-corrected chi connectivity index (χ0v) is 15.6. The summed E-state index contributed by atoms with van der Waals surface area (Å²) in [6, 6.07) is 34.3. The van der Waals surface area contributed by atoms with E-state index in [0.29, 0.717) is 23.7 Å². The zero-order chi connectivity index (χ0) is 18.8. The normalized spacial score (nSPS) is 23.7. The predicted molar refractivity (Wildman–Crippen MR) is 112 cm³/mol. The van der Waals surface area contributed by atoms with E-state index in [1.54, 1.807) is 0 Å². The topological polar surface area (TPSA) is 25.8 Å². The van der Waals surface area contributed by atoms with Gasteiger partial charge in [-0.2, -0.15) is 0 Å². The molecule has 2 aromatic heterocycles. The smallest absolute Gasteiger partial charge is 0.0447 e. The number of hydrogen-bond donors (Lipinski definition) is 0. The molecular formula is C26H22N2. The second-order valence-corrected chi connectivity index (χ2v) is 7.43. The van der Waals surface area contributed by atoms with Crippen molar-refractivity contribution in [3.63, 3.8) is 0 Å². The Hall–Kier alpha value is -3.26. The molecule has 4 atom stereocenters. The summed E-state index contributed by atoms with van der Waals surface area (Å²) in [5.41, 5.74) is 5.05. The lowest BCUT2D eigenvalue weighted by Gasteiger charge is -2.52. The van der Waals surface area contributed by atoms with E-state index in [4.69, 9.17) is 9.97 Å². The SMILES string of the molecule is c1ccc([C@@H]2[C@@H](c3ccccc3)[C@H](c3ccccn3)[C@@H]2c2ccccn2)cc1. The molecule has 0 radical (unpaired) electrons. The van der Waals surface area contributed by atoms with E-state index in [2.05, 4.69) is 84.9 Å². The highest BCUT2D eigenvalue weighted by molar-refractivity contribution is 5.45. The summed E-state index contributed by atoms with van der Waals surface area (Å²) in [4.78, 5) is 9.51. The third-order valence-corrected chi connectivity index (χ3v) is 5.98. The summed E-state index contributed by atoms with van der Waals surface area (Å²) in [7, 11) is 0. The van der Waals surface area contributed by atoms with Gasteiger partial charge in [-0.25, -0.2) is 0 Å². The van der Waals surface area contributed by atoms with Crippen LogP contribution >= 0.6 is 0 Å². The molecule has 2 heterocycles. The van der Waals surface area contributed by atoms with Gasteiger partial charge in [0.15, 0.2) is 0 Å². The highest BCUT2D eigenvalue weighted by Crippen LogP contribution is 2.65. The molecule has 5 rings (SSSR count). The van der Waals surface area contributed by atoms with Gasteiger partial charge < -0.3 is 0 Å². The molecule has 2 heteroatoms. The van der Waals surface area contributed by atoms with Gasteiger partial charge in [-0.15, -0.1) is 0 Å². The fourth-order valence-corrected chi connectivity index (χ4v) is 4.81. The minimum atomic E-state index is 0.309. The first-order valence-electron chi connectivity index (χ1n) is 9.85. The van der Waals surface area contributed by atoms with Crippen molar-refractivity contribution in [2.75, 3.05) is 0 Å². The zero-order valence-electron chi connectivity index (χ0n) is 15.6. The maximum absolute atomic E-state index is 4.75. The lowest BCUT2D eigenvalue weighted by atomic mass is 9.50. The molecule has 0 spiro atoms. The summed E-state index contributed by atoms with van der Waals surface area (Å²) in [6.07, 6.45) is 3.81. The van der Waals surface area contributed by atoms with E-state index in [1.807, 2.05) is 24.5 Å². The van der Waals surface area contributed by atoms with Crippen LogP contribution in [0.25, 0.3) is 0 Å². The lowest BCUT2D eigenvalue weighted by molar-refractivity contribution is 0.220. The summed E-state index contributed by atoms with van der Waals surface area (Å²) in [6.45, 7) is 0. The van der Waals surface area contributed by atoms with Crippen molar-refractivity contribution in [1.82, 2.24) is 9.97 Å². The van der Waals surface area contributed by atoms with E-state index < -0.39 is 0 Å². The summed E-state index contributed by atoms with van der Waals surface area (Å²) in [5, 5.41) is 0. The average molecular weight is 362 g/mol. The van der Waals surface area contributed by atoms with Crippen molar-refractivity contribution in [1.29, 1.82) is 0 Å². The standard InChI is InChI=1S/C26H22N2/c1-3-11-19(12-4-1)23-24(20-13-5-2-6-14-20)26(22-16-8-10-18-28-22)25(23)21-15-7-9-17-27-21/h1-18,23-26H/t23-,24-,25-,26+/m1/s1. The molecule has 0 bridgehead atoms. The first-order chi connectivity index (χ1) is 13.9. The Morgan fingerprint density at radius 1 is 0.393 bits per heavy atom. The van der Waals surface area contributed by atoms with Crippen LogP contribution in [0.1, 0.15) is 46.2 Å². The second-order valence-electron chi connectivity index (χ2n) is 7.43. The fraction of sp³-hybridized carbons (Fsp3) is 0.154. The first-order valence-corrected chi connectivity index (χ1v) is 9.85. The molecule has 1 saturated carbocycles. The van der Waals surface area contributed by atoms with Crippen LogP contribution in [0.15, 0.2) is 109 Å². The highest BCUT2D eigenvalue weighted by atomic mass is 14.8. The number of aromatic nitrogens is 2. The Morgan fingerprint density at radius 3 is 1.14 bits per heavy atom. The van der Waals surface area contributed by atoms with Crippen LogP contribution in [0, 0.1) is 0 Å².